The minimum Gasteiger partial charge on any atom is -0.465 e. The van der Waals surface area contributed by atoms with Crippen LogP contribution in [-0.4, -0.2) is 21.9 Å². The van der Waals surface area contributed by atoms with Crippen LogP contribution in [0.15, 0.2) is 126 Å². The summed E-state index contributed by atoms with van der Waals surface area (Å²) in [6.07, 6.45) is 0. The quantitative estimate of drug-likeness (QED) is 0.323. The maximum Gasteiger partial charge on any atom is 0.348 e. The third-order valence-electron chi connectivity index (χ3n) is 5.23. The summed E-state index contributed by atoms with van der Waals surface area (Å²) in [6, 6.07) is 38.7. The molecule has 0 aliphatic rings. The molecule has 160 valence electrons. The van der Waals surface area contributed by atoms with Crippen LogP contribution in [0.4, 0.5) is 0 Å². The van der Waals surface area contributed by atoms with Crippen molar-refractivity contribution in [3.8, 4) is 0 Å². The Morgan fingerprint density at radius 3 is 1.31 bits per heavy atom. The molecule has 0 aliphatic heterocycles. The van der Waals surface area contributed by atoms with E-state index >= 15 is 0 Å². The summed E-state index contributed by atoms with van der Waals surface area (Å²) in [5, 5.41) is 2.84. The number of carbonyl (C=O) groups is 1. The molecule has 0 N–H and O–H groups in total. The minimum absolute atomic E-state index is 0.273. The van der Waals surface area contributed by atoms with Gasteiger partial charge in [-0.05, 0) is 28.0 Å². The van der Waals surface area contributed by atoms with Crippen molar-refractivity contribution in [3.05, 3.63) is 121 Å². The zero-order valence-electron chi connectivity index (χ0n) is 17.6. The fraction of sp³-hybridized carbons (Fsp3) is 0.0370. The lowest BCUT2D eigenvalue weighted by Gasteiger charge is -2.31. The van der Waals surface area contributed by atoms with Gasteiger partial charge in [0.1, 0.15) is 4.63 Å². The van der Waals surface area contributed by atoms with E-state index in [1.165, 1.54) is 7.11 Å². The topological polar surface area (TPSA) is 43.4 Å². The Hall–Kier alpha value is -3.20. The van der Waals surface area contributed by atoms with Crippen LogP contribution < -0.4 is 15.9 Å². The van der Waals surface area contributed by atoms with Crippen LogP contribution in [-0.2, 0) is 20.3 Å². The van der Waals surface area contributed by atoms with Crippen LogP contribution in [0.5, 0.6) is 0 Å². The number of hydrogen-bond acceptors (Lipinski definition) is 3. The summed E-state index contributed by atoms with van der Waals surface area (Å²) < 4.78 is 19.7. The predicted octanol–water partition coefficient (Wildman–Crippen LogP) is 4.09. The molecule has 5 heteroatoms. The average Bonchev–Trinajstić information content (AvgIpc) is 2.88. The fourth-order valence-corrected chi connectivity index (χ4v) is 10.8. The summed E-state index contributed by atoms with van der Waals surface area (Å²) in [6.45, 7) is -2.82. The molecule has 0 radical (unpaired) electrons. The molecule has 4 aromatic carbocycles. The predicted molar refractivity (Wildman–Crippen MR) is 135 cm³/mol. The first-order valence-electron chi connectivity index (χ1n) is 10.2. The zero-order chi connectivity index (χ0) is 22.4. The van der Waals surface area contributed by atoms with E-state index in [9.17, 15) is 9.00 Å². The Labute approximate surface area is 191 Å². The molecule has 0 bridgehead atoms. The molecule has 0 heterocycles. The van der Waals surface area contributed by atoms with E-state index in [4.69, 9.17) is 4.74 Å². The standard InChI is InChI=1S/C27H23O3PS/c1-30-26(28)27(32(29)25-20-12-5-13-21-25)31(22-14-6-2-7-15-22,23-16-8-3-9-17-23)24-18-10-4-11-19-24/h2-21H,1H3. The third kappa shape index (κ3) is 4.00. The molecule has 0 aliphatic carbocycles. The number of esters is 1. The normalized spacial score (nSPS) is 12.0. The average molecular weight is 459 g/mol. The van der Waals surface area contributed by atoms with Crippen molar-refractivity contribution in [2.45, 2.75) is 4.90 Å². The Bertz CT molecular complexity index is 1170. The summed E-state index contributed by atoms with van der Waals surface area (Å²) in [7, 11) is -0.383. The van der Waals surface area contributed by atoms with Crippen molar-refractivity contribution in [1.29, 1.82) is 0 Å². The van der Waals surface area contributed by atoms with E-state index in [2.05, 4.69) is 0 Å². The number of carbonyl (C=O) groups excluding carboxylic acids is 1. The summed E-state index contributed by atoms with van der Waals surface area (Å²) in [5.74, 6) is -0.558. The lowest BCUT2D eigenvalue weighted by atomic mass is 10.4. The van der Waals surface area contributed by atoms with Crippen LogP contribution in [0.3, 0.4) is 0 Å². The molecule has 0 amide bonds. The van der Waals surface area contributed by atoms with Crippen molar-refractivity contribution in [2.24, 2.45) is 0 Å². The molecule has 4 aromatic rings. The molecule has 1 unspecified atom stereocenters. The summed E-state index contributed by atoms with van der Waals surface area (Å²) >= 11 is 0. The van der Waals surface area contributed by atoms with Gasteiger partial charge in [0.15, 0.2) is 0 Å². The Morgan fingerprint density at radius 1 is 0.625 bits per heavy atom. The van der Waals surface area contributed by atoms with Crippen LogP contribution in [0, 0.1) is 0 Å². The number of benzene rings is 4. The van der Waals surface area contributed by atoms with Gasteiger partial charge in [-0.15, -0.1) is 0 Å². The molecule has 0 fully saturated rings. The van der Waals surface area contributed by atoms with Crippen LogP contribution in [0.1, 0.15) is 0 Å². The molecule has 32 heavy (non-hydrogen) atoms. The van der Waals surface area contributed by atoms with Gasteiger partial charge in [0.05, 0.1) is 17.9 Å². The molecular formula is C27H23O3PS. The molecule has 0 spiro atoms. The van der Waals surface area contributed by atoms with Crippen molar-refractivity contribution >= 4 is 44.2 Å². The van der Waals surface area contributed by atoms with Gasteiger partial charge in [0, 0.05) is 11.8 Å². The SMILES string of the molecule is COC(=O)C(S(=O)c1ccccc1)=P(c1ccccc1)(c1ccccc1)c1ccccc1. The van der Waals surface area contributed by atoms with Gasteiger partial charge in [0.25, 0.3) is 0 Å². The van der Waals surface area contributed by atoms with Crippen molar-refractivity contribution in [1.82, 2.24) is 0 Å². The molecule has 4 rings (SSSR count). The summed E-state index contributed by atoms with van der Waals surface area (Å²) in [4.78, 5) is 14.0. The molecule has 0 saturated carbocycles. The minimum atomic E-state index is -2.82. The third-order valence-corrected chi connectivity index (χ3v) is 11.8. The lowest BCUT2D eigenvalue weighted by molar-refractivity contribution is -0.132. The maximum absolute atomic E-state index is 14.1. The highest BCUT2D eigenvalue weighted by Gasteiger charge is 2.37. The smallest absolute Gasteiger partial charge is 0.348 e. The second-order valence-corrected chi connectivity index (χ2v) is 12.1. The van der Waals surface area contributed by atoms with Crippen molar-refractivity contribution < 1.29 is 13.7 Å². The molecule has 3 nitrogen and oxygen atoms in total. The van der Waals surface area contributed by atoms with E-state index < -0.39 is 23.7 Å². The highest BCUT2D eigenvalue weighted by Crippen LogP contribution is 2.47. The molecule has 0 aromatic heterocycles. The van der Waals surface area contributed by atoms with Crippen molar-refractivity contribution in [3.63, 3.8) is 0 Å². The van der Waals surface area contributed by atoms with Gasteiger partial charge in [-0.2, -0.15) is 0 Å². The second kappa shape index (κ2) is 9.95. The van der Waals surface area contributed by atoms with E-state index in [0.717, 1.165) is 15.9 Å². The number of hydrogen-bond donors (Lipinski definition) is 0. The molecule has 0 saturated heterocycles. The first-order chi connectivity index (χ1) is 15.7. The van der Waals surface area contributed by atoms with Gasteiger partial charge in [0.2, 0.25) is 0 Å². The van der Waals surface area contributed by atoms with Crippen LogP contribution in [0.2, 0.25) is 0 Å². The molecule has 1 atom stereocenters. The monoisotopic (exact) mass is 458 g/mol. The molecular weight excluding hydrogens is 435 g/mol. The first kappa shape index (κ1) is 22.0. The van der Waals surface area contributed by atoms with Crippen LogP contribution >= 0.6 is 6.89 Å². The Kier molecular flexibility index (Phi) is 6.84. The van der Waals surface area contributed by atoms with E-state index in [0.29, 0.717) is 4.90 Å². The van der Waals surface area contributed by atoms with E-state index in [1.807, 2.05) is 109 Å². The summed E-state index contributed by atoms with van der Waals surface area (Å²) in [5.41, 5.74) is 0. The number of rotatable bonds is 6. The largest absolute Gasteiger partial charge is 0.465 e. The van der Waals surface area contributed by atoms with Gasteiger partial charge in [-0.1, -0.05) is 109 Å². The van der Waals surface area contributed by atoms with Crippen LogP contribution in [0.25, 0.3) is 0 Å². The Balaban J connectivity index is 2.27. The highest BCUT2D eigenvalue weighted by molar-refractivity contribution is 8.18. The van der Waals surface area contributed by atoms with Gasteiger partial charge in [-0.3, -0.25) is 0 Å². The van der Waals surface area contributed by atoms with E-state index in [-0.39, 0.29) is 4.63 Å². The highest BCUT2D eigenvalue weighted by atomic mass is 32.2. The lowest BCUT2D eigenvalue weighted by Crippen LogP contribution is -2.36. The first-order valence-corrected chi connectivity index (χ1v) is 13.1. The Morgan fingerprint density at radius 2 is 0.969 bits per heavy atom. The maximum atomic E-state index is 14.1. The van der Waals surface area contributed by atoms with E-state index in [1.54, 1.807) is 12.1 Å². The second-order valence-electron chi connectivity index (χ2n) is 7.06. The number of ether oxygens (including phenoxy) is 1. The van der Waals surface area contributed by atoms with Gasteiger partial charge < -0.3 is 4.74 Å². The van der Waals surface area contributed by atoms with Gasteiger partial charge >= 0.3 is 5.97 Å². The van der Waals surface area contributed by atoms with Gasteiger partial charge in [-0.25, -0.2) is 9.00 Å². The van der Waals surface area contributed by atoms with Crippen molar-refractivity contribution in [2.75, 3.05) is 7.11 Å². The zero-order valence-corrected chi connectivity index (χ0v) is 19.3. The number of methoxy groups -OCH3 is 1. The fourth-order valence-electron chi connectivity index (χ4n) is 3.83.